The highest BCUT2D eigenvalue weighted by Gasteiger charge is 2.29. The maximum absolute atomic E-state index is 12.9. The first-order valence-electron chi connectivity index (χ1n) is 8.92. The lowest BCUT2D eigenvalue weighted by molar-refractivity contribution is 0.297. The second-order valence-electron chi connectivity index (χ2n) is 6.44. The minimum atomic E-state index is -3.71. The van der Waals surface area contributed by atoms with Gasteiger partial charge in [-0.3, -0.25) is 0 Å². The molecule has 1 aromatic carbocycles. The summed E-state index contributed by atoms with van der Waals surface area (Å²) < 4.78 is 41.5. The molecule has 0 aliphatic carbocycles. The maximum atomic E-state index is 12.9. The zero-order valence-electron chi connectivity index (χ0n) is 14.6. The zero-order valence-corrected chi connectivity index (χ0v) is 15.5. The molecule has 26 heavy (non-hydrogen) atoms. The van der Waals surface area contributed by atoms with Gasteiger partial charge >= 0.3 is 0 Å². The number of hydrogen-bond acceptors (Lipinski definition) is 6. The molecule has 4 rings (SSSR count). The van der Waals surface area contributed by atoms with Gasteiger partial charge in [-0.15, -0.1) is 0 Å². The van der Waals surface area contributed by atoms with Gasteiger partial charge in [-0.05, 0) is 25.0 Å². The van der Waals surface area contributed by atoms with Crippen LogP contribution in [0.2, 0.25) is 0 Å². The highest BCUT2D eigenvalue weighted by Crippen LogP contribution is 2.33. The van der Waals surface area contributed by atoms with Crippen molar-refractivity contribution < 1.29 is 17.9 Å². The summed E-state index contributed by atoms with van der Waals surface area (Å²) in [4.78, 5) is 4.65. The quantitative estimate of drug-likeness (QED) is 0.872. The van der Waals surface area contributed by atoms with Crippen LogP contribution in [0.4, 0.5) is 0 Å². The lowest BCUT2D eigenvalue weighted by Gasteiger charge is -2.23. The van der Waals surface area contributed by atoms with Gasteiger partial charge in [-0.25, -0.2) is 22.8 Å². The molecule has 0 unspecified atom stereocenters. The minimum Gasteiger partial charge on any atom is -0.490 e. The predicted octanol–water partition coefficient (Wildman–Crippen LogP) is 1.82. The molecule has 9 heteroatoms. The fourth-order valence-corrected chi connectivity index (χ4v) is 4.47. The molecule has 2 aliphatic rings. The second kappa shape index (κ2) is 6.88. The van der Waals surface area contributed by atoms with Crippen molar-refractivity contribution in [2.45, 2.75) is 50.1 Å². The summed E-state index contributed by atoms with van der Waals surface area (Å²) >= 11 is 0. The number of benzene rings is 1. The van der Waals surface area contributed by atoms with Gasteiger partial charge in [0.1, 0.15) is 5.82 Å². The molecule has 0 amide bonds. The van der Waals surface area contributed by atoms with E-state index >= 15 is 0 Å². The Kier molecular flexibility index (Phi) is 4.58. The Morgan fingerprint density at radius 2 is 2.04 bits per heavy atom. The average Bonchev–Trinajstić information content (AvgIpc) is 2.92. The second-order valence-corrected chi connectivity index (χ2v) is 8.15. The fourth-order valence-electron chi connectivity index (χ4n) is 3.23. The maximum Gasteiger partial charge on any atom is 0.241 e. The van der Waals surface area contributed by atoms with E-state index < -0.39 is 10.0 Å². The van der Waals surface area contributed by atoms with E-state index in [0.29, 0.717) is 37.0 Å². The minimum absolute atomic E-state index is 0.161. The summed E-state index contributed by atoms with van der Waals surface area (Å²) in [6.07, 6.45) is 3.05. The summed E-state index contributed by atoms with van der Waals surface area (Å²) in [5.41, 5.74) is 0. The van der Waals surface area contributed by atoms with Crippen LogP contribution in [-0.4, -0.2) is 36.4 Å². The van der Waals surface area contributed by atoms with Gasteiger partial charge in [-0.1, -0.05) is 6.92 Å². The van der Waals surface area contributed by atoms with Gasteiger partial charge in [0.15, 0.2) is 17.3 Å². The number of aromatic nitrogens is 3. The molecule has 3 heterocycles. The normalized spacial score (nSPS) is 19.7. The summed E-state index contributed by atoms with van der Waals surface area (Å²) in [5, 5.41) is 4.42. The van der Waals surface area contributed by atoms with Gasteiger partial charge in [0, 0.05) is 25.5 Å². The molecule has 8 nitrogen and oxygen atoms in total. The van der Waals surface area contributed by atoms with Crippen molar-refractivity contribution in [3.05, 3.63) is 29.8 Å². The molecular formula is C17H22N4O4S. The van der Waals surface area contributed by atoms with Crippen molar-refractivity contribution in [3.8, 4) is 11.5 Å². The third kappa shape index (κ3) is 3.28. The Hall–Kier alpha value is -2.13. The summed E-state index contributed by atoms with van der Waals surface area (Å²) in [6.45, 7) is 3.83. The third-order valence-corrected chi connectivity index (χ3v) is 6.03. The summed E-state index contributed by atoms with van der Waals surface area (Å²) in [5.74, 6) is 2.46. The number of ether oxygens (including phenoxy) is 2. The molecule has 0 saturated carbocycles. The van der Waals surface area contributed by atoms with E-state index in [1.165, 1.54) is 6.07 Å². The Labute approximate surface area is 152 Å². The van der Waals surface area contributed by atoms with Gasteiger partial charge < -0.3 is 9.47 Å². The average molecular weight is 378 g/mol. The number of sulfonamides is 1. The van der Waals surface area contributed by atoms with Crippen LogP contribution in [0.3, 0.4) is 0 Å². The van der Waals surface area contributed by atoms with E-state index in [9.17, 15) is 8.42 Å². The Morgan fingerprint density at radius 3 is 2.85 bits per heavy atom. The topological polar surface area (TPSA) is 95.3 Å². The van der Waals surface area contributed by atoms with Crippen molar-refractivity contribution in [2.75, 3.05) is 13.2 Å². The molecule has 1 aromatic heterocycles. The highest BCUT2D eigenvalue weighted by molar-refractivity contribution is 7.89. The van der Waals surface area contributed by atoms with Crippen LogP contribution in [0.1, 0.15) is 43.9 Å². The number of fused-ring (bicyclic) bond motifs is 2. The molecule has 0 bridgehead atoms. The molecule has 140 valence electrons. The largest absolute Gasteiger partial charge is 0.490 e. The number of nitrogens with one attached hydrogen (secondary N) is 1. The monoisotopic (exact) mass is 378 g/mol. The Morgan fingerprint density at radius 1 is 1.23 bits per heavy atom. The van der Waals surface area contributed by atoms with Gasteiger partial charge in [0.05, 0.1) is 24.2 Å². The van der Waals surface area contributed by atoms with Crippen LogP contribution in [0.25, 0.3) is 0 Å². The van der Waals surface area contributed by atoms with Crippen LogP contribution in [0.5, 0.6) is 11.5 Å². The standard InChI is InChI=1S/C17H22N4O4S/c1-2-16-18-17-13(5-3-8-21(17)19-16)20-26(22,23)12-6-7-14-15(11-12)25-10-4-9-24-14/h6-7,11,13,20H,2-5,8-10H2,1H3/t13-/m0/s1. The van der Waals surface area contributed by atoms with E-state index in [2.05, 4.69) is 14.8 Å². The fraction of sp³-hybridized carbons (Fsp3) is 0.529. The molecular weight excluding hydrogens is 356 g/mol. The highest BCUT2D eigenvalue weighted by atomic mass is 32.2. The number of rotatable bonds is 4. The smallest absolute Gasteiger partial charge is 0.241 e. The molecule has 0 fully saturated rings. The Bertz CT molecular complexity index is 909. The molecule has 1 N–H and O–H groups in total. The van der Waals surface area contributed by atoms with Gasteiger partial charge in [0.25, 0.3) is 0 Å². The van der Waals surface area contributed by atoms with Crippen LogP contribution in [0, 0.1) is 0 Å². The van der Waals surface area contributed by atoms with Crippen LogP contribution < -0.4 is 14.2 Å². The summed E-state index contributed by atoms with van der Waals surface area (Å²) in [7, 11) is -3.71. The molecule has 2 aliphatic heterocycles. The molecule has 0 spiro atoms. The van der Waals surface area contributed by atoms with Crippen molar-refractivity contribution in [2.24, 2.45) is 0 Å². The first kappa shape index (κ1) is 17.3. The Balaban J connectivity index is 1.60. The van der Waals surface area contributed by atoms with Gasteiger partial charge in [-0.2, -0.15) is 5.10 Å². The van der Waals surface area contributed by atoms with E-state index in [1.54, 1.807) is 12.1 Å². The third-order valence-electron chi connectivity index (χ3n) is 4.56. The van der Waals surface area contributed by atoms with Gasteiger partial charge in [0.2, 0.25) is 10.0 Å². The number of hydrogen-bond donors (Lipinski definition) is 1. The predicted molar refractivity (Wildman–Crippen MR) is 93.7 cm³/mol. The van der Waals surface area contributed by atoms with E-state index in [0.717, 1.165) is 31.6 Å². The van der Waals surface area contributed by atoms with E-state index in [-0.39, 0.29) is 10.9 Å². The van der Waals surface area contributed by atoms with Crippen LogP contribution in [0.15, 0.2) is 23.1 Å². The zero-order chi connectivity index (χ0) is 18.1. The molecule has 0 saturated heterocycles. The van der Waals surface area contributed by atoms with Crippen molar-refractivity contribution >= 4 is 10.0 Å². The summed E-state index contributed by atoms with van der Waals surface area (Å²) in [6, 6.07) is 4.33. The SMILES string of the molecule is CCc1nc2n(n1)CCC[C@@H]2NS(=O)(=O)c1ccc2c(c1)OCCCO2. The van der Waals surface area contributed by atoms with Crippen LogP contribution >= 0.6 is 0 Å². The van der Waals surface area contributed by atoms with E-state index in [4.69, 9.17) is 9.47 Å². The first-order valence-corrected chi connectivity index (χ1v) is 10.4. The van der Waals surface area contributed by atoms with Crippen LogP contribution in [-0.2, 0) is 23.0 Å². The van der Waals surface area contributed by atoms with Crippen molar-refractivity contribution in [3.63, 3.8) is 0 Å². The lowest BCUT2D eigenvalue weighted by atomic mass is 10.1. The number of aryl methyl sites for hydroxylation is 2. The van der Waals surface area contributed by atoms with Crippen molar-refractivity contribution in [1.82, 2.24) is 19.5 Å². The molecule has 1 atom stereocenters. The molecule has 2 aromatic rings. The van der Waals surface area contributed by atoms with Crippen molar-refractivity contribution in [1.29, 1.82) is 0 Å². The number of nitrogens with zero attached hydrogens (tertiary/aromatic N) is 3. The lowest BCUT2D eigenvalue weighted by Crippen LogP contribution is -2.33. The van der Waals surface area contributed by atoms with E-state index in [1.807, 2.05) is 11.6 Å². The molecule has 0 radical (unpaired) electrons. The first-order chi connectivity index (χ1) is 12.6.